The quantitative estimate of drug-likeness (QED) is 0.0261. The van der Waals surface area contributed by atoms with E-state index in [1.165, 1.54) is 20.8 Å². The largest absolute Gasteiger partial charge is 0.399 e. The molecule has 0 radical (unpaired) electrons. The van der Waals surface area contributed by atoms with Crippen LogP contribution in [0.15, 0.2) is 103 Å². The summed E-state index contributed by atoms with van der Waals surface area (Å²) in [6.07, 6.45) is 3.34. The Balaban J connectivity index is 0.871. The number of nitrogens with two attached hydrogens (primary N) is 1. The van der Waals surface area contributed by atoms with Crippen LogP contribution in [0.4, 0.5) is 14.5 Å². The maximum atomic E-state index is 15.0. The Morgan fingerprint density at radius 2 is 1.52 bits per heavy atom. The van der Waals surface area contributed by atoms with Gasteiger partial charge in [-0.25, -0.2) is 0 Å². The highest BCUT2D eigenvalue weighted by Crippen LogP contribution is 2.59. The zero-order valence-electron chi connectivity index (χ0n) is 45.2. The van der Waals surface area contributed by atoms with E-state index in [0.29, 0.717) is 37.8 Å². The Morgan fingerprint density at radius 3 is 2.20 bits per heavy atom. The molecule has 0 aliphatic carbocycles. The predicted octanol–water partition coefficient (Wildman–Crippen LogP) is 4.56. The number of amides is 9. The average molecular weight is 1160 g/mol. The number of piperidine rings is 1. The molecule has 0 spiro atoms. The number of imide groups is 1. The number of carbonyl (C=O) groups excluding carboxylic acids is 9. The lowest BCUT2D eigenvalue weighted by atomic mass is 9.98. The number of aromatic amines is 1. The van der Waals surface area contributed by atoms with Gasteiger partial charge in [-0.2, -0.15) is 8.78 Å². The van der Waals surface area contributed by atoms with E-state index >= 15 is 4.79 Å². The molecule has 9 rings (SSSR count). The third kappa shape index (κ3) is 13.5. The highest BCUT2D eigenvalue weighted by molar-refractivity contribution is 7.52. The van der Waals surface area contributed by atoms with Crippen molar-refractivity contribution in [2.24, 2.45) is 5.73 Å². The molecule has 83 heavy (non-hydrogen) atoms. The fourth-order valence-corrected chi connectivity index (χ4v) is 11.9. The number of nitrogens with one attached hydrogen (secondary N) is 6. The molecular weight excluding hydrogens is 1100 g/mol. The third-order valence-electron chi connectivity index (χ3n) is 15.8. The van der Waals surface area contributed by atoms with Gasteiger partial charge in [0, 0.05) is 84.8 Å². The number of halogens is 2. The summed E-state index contributed by atoms with van der Waals surface area (Å²) in [5, 5.41) is 14.2. The summed E-state index contributed by atoms with van der Waals surface area (Å²) < 4.78 is 41.1. The van der Waals surface area contributed by atoms with Crippen molar-refractivity contribution in [1.82, 2.24) is 41.0 Å². The van der Waals surface area contributed by atoms with Gasteiger partial charge >= 0.3 is 13.3 Å². The summed E-state index contributed by atoms with van der Waals surface area (Å²) in [4.78, 5) is 148. The van der Waals surface area contributed by atoms with Crippen molar-refractivity contribution >= 4 is 77.4 Å². The fourth-order valence-electron chi connectivity index (χ4n) is 11.4. The Morgan fingerprint density at radius 1 is 0.807 bits per heavy atom. The number of unbranched alkanes of at least 4 members (excludes halogenated alkanes) is 3. The van der Waals surface area contributed by atoms with Crippen molar-refractivity contribution in [2.45, 2.75) is 126 Å². The third-order valence-corrected chi connectivity index (χ3v) is 16.8. The molecule has 5 heterocycles. The first kappa shape index (κ1) is 59.3. The number of H-pyrrole nitrogens is 1. The van der Waals surface area contributed by atoms with Crippen LogP contribution in [0.1, 0.15) is 126 Å². The summed E-state index contributed by atoms with van der Waals surface area (Å²) in [7, 11) is -5.93. The second-order valence-corrected chi connectivity index (χ2v) is 23.0. The maximum Gasteiger partial charge on any atom is 0.399 e. The van der Waals surface area contributed by atoms with E-state index in [9.17, 15) is 61.5 Å². The van der Waals surface area contributed by atoms with Crippen molar-refractivity contribution in [1.29, 1.82) is 0 Å². The van der Waals surface area contributed by atoms with Crippen molar-refractivity contribution in [3.05, 3.63) is 137 Å². The van der Waals surface area contributed by atoms with Gasteiger partial charge in [-0.3, -0.25) is 53.0 Å². The molecule has 9 amide bonds. The first-order valence-electron chi connectivity index (χ1n) is 27.7. The molecule has 4 aliphatic rings. The molecule has 0 bridgehead atoms. The molecule has 5 aromatic rings. The van der Waals surface area contributed by atoms with Crippen molar-refractivity contribution in [3.63, 3.8) is 0 Å². The van der Waals surface area contributed by atoms with Crippen LogP contribution < -0.4 is 32.3 Å². The van der Waals surface area contributed by atoms with Crippen molar-refractivity contribution in [2.75, 3.05) is 25.0 Å². The number of alkyl halides is 2. The van der Waals surface area contributed by atoms with Crippen LogP contribution >= 0.6 is 7.60 Å². The molecule has 25 heteroatoms. The topological polar surface area (TPSA) is 323 Å². The number of hydrogen-bond acceptors (Lipinski definition) is 11. The second kappa shape index (κ2) is 25.4. The first-order valence-corrected chi connectivity index (χ1v) is 29.3. The molecule has 22 nitrogen and oxygen atoms in total. The number of rotatable bonds is 22. The highest BCUT2D eigenvalue weighted by atomic mass is 31.2. The Labute approximate surface area is 475 Å². The second-order valence-electron chi connectivity index (χ2n) is 21.4. The van der Waals surface area contributed by atoms with E-state index in [2.05, 4.69) is 31.6 Å². The monoisotopic (exact) mass is 1160 g/mol. The van der Waals surface area contributed by atoms with Crippen LogP contribution in [0.5, 0.6) is 0 Å². The number of anilines is 1. The number of fused-ring (bicyclic) bond motifs is 3. The van der Waals surface area contributed by atoms with Gasteiger partial charge in [0.1, 0.15) is 29.9 Å². The van der Waals surface area contributed by atoms with E-state index in [1.807, 2.05) is 66.7 Å². The van der Waals surface area contributed by atoms with Crippen LogP contribution in [0.2, 0.25) is 0 Å². The lowest BCUT2D eigenvalue weighted by molar-refractivity contribution is -0.145. The van der Waals surface area contributed by atoms with Crippen LogP contribution in [0.3, 0.4) is 0 Å². The van der Waals surface area contributed by atoms with Gasteiger partial charge in [-0.1, -0.05) is 85.6 Å². The van der Waals surface area contributed by atoms with Gasteiger partial charge in [-0.05, 0) is 86.4 Å². The lowest BCUT2D eigenvalue weighted by Gasteiger charge is -2.39. The summed E-state index contributed by atoms with van der Waals surface area (Å²) in [5.74, 6) is -5.07. The first-order chi connectivity index (χ1) is 39.7. The molecule has 4 aliphatic heterocycles. The Kier molecular flexibility index (Phi) is 18.2. The molecule has 1 aromatic heterocycles. The Bertz CT molecular complexity index is 3320. The van der Waals surface area contributed by atoms with Crippen LogP contribution in [0.25, 0.3) is 10.9 Å². The molecule has 438 valence electrons. The average Bonchev–Trinajstić information content (AvgIpc) is 4.43. The molecule has 0 saturated carbocycles. The van der Waals surface area contributed by atoms with E-state index in [1.54, 1.807) is 12.1 Å². The SMILES string of the molecule is NC(=O)CC[C@H](NC(=O)[C@@H]1CC[C@@H]2CCN(C(=O)CCCCCCNc3cccc4c3CN(C3CCC(=O)NC3=O)C4=O)C[C@H](NC(=O)c3cc4cc(C(F)(F)P(=O)(O)O)ccc4[nH]3)C(=O)N21)C(=O)NC(c1ccccc1)c1ccccc1. The molecule has 1 unspecified atom stereocenters. The molecule has 4 aromatic carbocycles. The fraction of sp³-hybridized carbons (Fsp3) is 0.397. The maximum absolute atomic E-state index is 15.0. The molecule has 10 N–H and O–H groups in total. The number of benzene rings is 4. The summed E-state index contributed by atoms with van der Waals surface area (Å²) >= 11 is 0. The van der Waals surface area contributed by atoms with Gasteiger partial charge in [0.05, 0.1) is 6.04 Å². The summed E-state index contributed by atoms with van der Waals surface area (Å²) in [5.41, 5.74) is 3.45. The smallest absolute Gasteiger partial charge is 0.385 e. The number of carbonyl (C=O) groups is 9. The van der Waals surface area contributed by atoms with Crippen molar-refractivity contribution in [3.8, 4) is 0 Å². The normalized spacial score (nSPS) is 19.6. The zero-order valence-corrected chi connectivity index (χ0v) is 46.1. The van der Waals surface area contributed by atoms with Gasteiger partial charge in [-0.15, -0.1) is 0 Å². The predicted molar refractivity (Wildman–Crippen MR) is 298 cm³/mol. The molecule has 3 fully saturated rings. The summed E-state index contributed by atoms with van der Waals surface area (Å²) in [6, 6.07) is 21.6. The number of aromatic nitrogens is 1. The van der Waals surface area contributed by atoms with E-state index in [-0.39, 0.29) is 98.9 Å². The van der Waals surface area contributed by atoms with Crippen LogP contribution in [-0.4, -0.2) is 132 Å². The summed E-state index contributed by atoms with van der Waals surface area (Å²) in [6.45, 7) is 0.580. The van der Waals surface area contributed by atoms with Gasteiger partial charge in [0.2, 0.25) is 41.4 Å². The zero-order chi connectivity index (χ0) is 59.2. The molecule has 3 saturated heterocycles. The van der Waals surface area contributed by atoms with Gasteiger partial charge in [0.15, 0.2) is 0 Å². The standard InChI is InChI=1S/C58H65F2N10O12P/c59-58(60,83(80,81)82)37-19-21-41-36(30-37)31-44(63-41)53(75)65-45-33-68(50(73)18-9-1-2-10-28-62-42-17-11-16-39-40(42)32-69(56(39)78)46-24-26-49(72)66-54(46)76)29-27-38-20-23-47(70(38)57(45)79)55(77)64-43(22-25-48(61)71)52(74)67-51(34-12-5-3-6-13-34)35-14-7-4-8-15-35/h3-8,11-17,19,21,30-31,38,43,45-47,51,62-63H,1-2,9-10,18,20,22-29,32-33H2,(H2,61,71)(H,64,77)(H,65,75)(H,67,74)(H,66,72,76)(H2,80,81,82)/t38-,43+,45+,46?,47+/m1/s1. The minimum absolute atomic E-state index is 0.000846. The highest BCUT2D eigenvalue weighted by Gasteiger charge is 2.51. The van der Waals surface area contributed by atoms with Gasteiger partial charge < -0.3 is 56.5 Å². The van der Waals surface area contributed by atoms with E-state index in [4.69, 9.17) is 5.73 Å². The van der Waals surface area contributed by atoms with Gasteiger partial charge in [0.25, 0.3) is 11.8 Å². The van der Waals surface area contributed by atoms with Crippen LogP contribution in [-0.2, 0) is 50.3 Å². The lowest BCUT2D eigenvalue weighted by Crippen LogP contribution is -2.62. The Hall–Kier alpha value is -8.34. The number of hydrogen-bond donors (Lipinski definition) is 9. The minimum Gasteiger partial charge on any atom is -0.385 e. The van der Waals surface area contributed by atoms with Crippen molar-refractivity contribution < 1.29 is 66.3 Å². The molecular formula is C58H65F2N10O12P. The minimum atomic E-state index is -5.93. The molecule has 5 atom stereocenters. The van der Waals surface area contributed by atoms with Crippen LogP contribution in [0, 0.1) is 0 Å². The number of primary amides is 1. The van der Waals surface area contributed by atoms with E-state index < -0.39 is 90.5 Å². The van der Waals surface area contributed by atoms with E-state index in [0.717, 1.165) is 47.0 Å². The number of nitrogens with zero attached hydrogens (tertiary/aromatic N) is 3.